The van der Waals surface area contributed by atoms with Gasteiger partial charge in [-0.15, -0.1) is 11.3 Å². The minimum atomic E-state index is -0.757. The Morgan fingerprint density at radius 3 is 2.72 bits per heavy atom. The van der Waals surface area contributed by atoms with Gasteiger partial charge in [0.15, 0.2) is 10.2 Å². The van der Waals surface area contributed by atoms with Crippen molar-refractivity contribution in [3.63, 3.8) is 0 Å². The van der Waals surface area contributed by atoms with Gasteiger partial charge in [0.2, 0.25) is 11.8 Å². The van der Waals surface area contributed by atoms with Gasteiger partial charge in [-0.25, -0.2) is 13.8 Å². The van der Waals surface area contributed by atoms with Crippen molar-refractivity contribution >= 4 is 44.9 Å². The maximum absolute atomic E-state index is 13.2. The number of aryl methyl sites for hydroxylation is 1. The number of thioether (sulfide) groups is 1. The summed E-state index contributed by atoms with van der Waals surface area (Å²) < 4.78 is 33.5. The molecule has 6 nitrogen and oxygen atoms in total. The third-order valence-corrected chi connectivity index (χ3v) is 6.00. The second-order valence-electron chi connectivity index (χ2n) is 6.05. The number of carbonyl (C=O) groups is 1. The summed E-state index contributed by atoms with van der Waals surface area (Å²) in [6, 6.07) is 10.7. The van der Waals surface area contributed by atoms with Crippen molar-refractivity contribution in [1.29, 1.82) is 0 Å². The summed E-state index contributed by atoms with van der Waals surface area (Å²) in [4.78, 5) is 20.8. The van der Waals surface area contributed by atoms with E-state index in [1.807, 2.05) is 24.3 Å². The fourth-order valence-electron chi connectivity index (χ4n) is 2.56. The van der Waals surface area contributed by atoms with E-state index in [-0.39, 0.29) is 18.5 Å². The molecule has 10 heteroatoms. The zero-order valence-corrected chi connectivity index (χ0v) is 16.5. The molecule has 148 valence electrons. The number of benzene rings is 2. The Morgan fingerprint density at radius 1 is 1.14 bits per heavy atom. The molecule has 0 radical (unpaired) electrons. The minimum Gasteiger partial charge on any atom is -0.339 e. The standard InChI is InChI=1S/C19H14F2N4O2S2/c20-11-7-12(21)9-13(8-11)22-17(26)5-6-18-24-16(25-27-18)10-28-19-23-14-3-1-2-4-15(14)29-19/h1-4,7-9H,5-6,10H2,(H,22,26). The summed E-state index contributed by atoms with van der Waals surface area (Å²) in [5.74, 6) is -0.584. The molecule has 0 aliphatic carbocycles. The first-order valence-corrected chi connectivity index (χ1v) is 10.4. The predicted molar refractivity (Wildman–Crippen MR) is 107 cm³/mol. The van der Waals surface area contributed by atoms with Crippen LogP contribution in [0.4, 0.5) is 14.5 Å². The molecule has 29 heavy (non-hydrogen) atoms. The average molecular weight is 432 g/mol. The first kappa shape index (κ1) is 19.5. The second-order valence-corrected chi connectivity index (χ2v) is 8.30. The number of anilines is 1. The summed E-state index contributed by atoms with van der Waals surface area (Å²) in [5, 5.41) is 6.35. The number of fused-ring (bicyclic) bond motifs is 1. The maximum atomic E-state index is 13.2. The van der Waals surface area contributed by atoms with Crippen LogP contribution in [0.1, 0.15) is 18.1 Å². The van der Waals surface area contributed by atoms with Crippen molar-refractivity contribution in [3.8, 4) is 0 Å². The smallest absolute Gasteiger partial charge is 0.227 e. The third-order valence-electron chi connectivity index (χ3n) is 3.82. The van der Waals surface area contributed by atoms with E-state index in [4.69, 9.17) is 4.52 Å². The molecule has 4 aromatic rings. The van der Waals surface area contributed by atoms with Crippen LogP contribution in [-0.2, 0) is 17.0 Å². The van der Waals surface area contributed by atoms with Gasteiger partial charge in [0.05, 0.1) is 16.0 Å². The molecule has 1 amide bonds. The molecule has 0 saturated carbocycles. The number of thiazole rings is 1. The second kappa shape index (κ2) is 8.66. The molecule has 0 aliphatic rings. The van der Waals surface area contributed by atoms with Crippen molar-refractivity contribution in [2.45, 2.75) is 22.9 Å². The highest BCUT2D eigenvalue weighted by atomic mass is 32.2. The van der Waals surface area contributed by atoms with Crippen molar-refractivity contribution in [2.24, 2.45) is 0 Å². The zero-order valence-electron chi connectivity index (χ0n) is 14.9. The molecule has 0 atom stereocenters. The lowest BCUT2D eigenvalue weighted by molar-refractivity contribution is -0.116. The fourth-order valence-corrected chi connectivity index (χ4v) is 4.47. The molecule has 2 aromatic carbocycles. The van der Waals surface area contributed by atoms with Gasteiger partial charge in [0, 0.05) is 24.6 Å². The number of rotatable bonds is 7. The van der Waals surface area contributed by atoms with Crippen molar-refractivity contribution in [3.05, 3.63) is 65.8 Å². The van der Waals surface area contributed by atoms with Crippen LogP contribution in [0.3, 0.4) is 0 Å². The SMILES string of the molecule is O=C(CCc1nc(CSc2nc3ccccc3s2)no1)Nc1cc(F)cc(F)c1. The van der Waals surface area contributed by atoms with E-state index < -0.39 is 17.5 Å². The minimum absolute atomic E-state index is 0.0464. The Bertz CT molecular complexity index is 1110. The number of carbonyl (C=O) groups excluding carboxylic acids is 1. The van der Waals surface area contributed by atoms with Crippen LogP contribution in [0, 0.1) is 11.6 Å². The van der Waals surface area contributed by atoms with Crippen molar-refractivity contribution < 1.29 is 18.1 Å². The van der Waals surface area contributed by atoms with E-state index >= 15 is 0 Å². The number of halogens is 2. The van der Waals surface area contributed by atoms with Gasteiger partial charge in [-0.05, 0) is 24.3 Å². The lowest BCUT2D eigenvalue weighted by Gasteiger charge is -2.04. The molecule has 0 aliphatic heterocycles. The van der Waals surface area contributed by atoms with Gasteiger partial charge in [-0.1, -0.05) is 29.1 Å². The quantitative estimate of drug-likeness (QED) is 0.422. The number of para-hydroxylation sites is 1. The summed E-state index contributed by atoms with van der Waals surface area (Å²) in [7, 11) is 0. The largest absolute Gasteiger partial charge is 0.339 e. The Balaban J connectivity index is 1.28. The first-order valence-electron chi connectivity index (χ1n) is 8.61. The Morgan fingerprint density at radius 2 is 1.93 bits per heavy atom. The average Bonchev–Trinajstić information content (AvgIpc) is 3.30. The summed E-state index contributed by atoms with van der Waals surface area (Å²) in [6.07, 6.45) is 0.271. The van der Waals surface area contributed by atoms with Crippen LogP contribution in [0.2, 0.25) is 0 Å². The number of hydrogen-bond donors (Lipinski definition) is 1. The van der Waals surface area contributed by atoms with Crippen LogP contribution in [-0.4, -0.2) is 21.0 Å². The highest BCUT2D eigenvalue weighted by molar-refractivity contribution is 8.00. The normalized spacial score (nSPS) is 11.1. The number of aromatic nitrogens is 3. The van der Waals surface area contributed by atoms with Gasteiger partial charge in [-0.2, -0.15) is 4.98 Å². The highest BCUT2D eigenvalue weighted by Gasteiger charge is 2.12. The lowest BCUT2D eigenvalue weighted by atomic mass is 10.2. The van der Waals surface area contributed by atoms with E-state index in [1.165, 1.54) is 11.8 Å². The monoisotopic (exact) mass is 432 g/mol. The number of nitrogens with zero attached hydrogens (tertiary/aromatic N) is 3. The molecule has 0 fully saturated rings. The number of nitrogens with one attached hydrogen (secondary N) is 1. The lowest BCUT2D eigenvalue weighted by Crippen LogP contribution is -2.12. The molecule has 0 bridgehead atoms. The molecule has 1 N–H and O–H groups in total. The molecule has 2 heterocycles. The summed E-state index contributed by atoms with van der Waals surface area (Å²) in [5.41, 5.74) is 1.02. The van der Waals surface area contributed by atoms with Gasteiger partial charge in [-0.3, -0.25) is 4.79 Å². The number of hydrogen-bond acceptors (Lipinski definition) is 7. The van der Waals surface area contributed by atoms with Gasteiger partial charge < -0.3 is 9.84 Å². The molecule has 0 saturated heterocycles. The Kier molecular flexibility index (Phi) is 5.81. The predicted octanol–water partition coefficient (Wildman–Crippen LogP) is 4.82. The maximum Gasteiger partial charge on any atom is 0.227 e. The van der Waals surface area contributed by atoms with E-state index in [0.717, 1.165) is 32.8 Å². The van der Waals surface area contributed by atoms with Gasteiger partial charge in [0.1, 0.15) is 11.6 Å². The summed E-state index contributed by atoms with van der Waals surface area (Å²) in [6.45, 7) is 0. The van der Waals surface area contributed by atoms with E-state index in [9.17, 15) is 13.6 Å². The van der Waals surface area contributed by atoms with Crippen LogP contribution >= 0.6 is 23.1 Å². The van der Waals surface area contributed by atoms with Crippen LogP contribution in [0.5, 0.6) is 0 Å². The van der Waals surface area contributed by atoms with E-state index in [0.29, 0.717) is 17.5 Å². The first-order chi connectivity index (χ1) is 14.0. The summed E-state index contributed by atoms with van der Waals surface area (Å²) >= 11 is 3.11. The van der Waals surface area contributed by atoms with Gasteiger partial charge >= 0.3 is 0 Å². The molecular weight excluding hydrogens is 418 g/mol. The highest BCUT2D eigenvalue weighted by Crippen LogP contribution is 2.30. The van der Waals surface area contributed by atoms with Crippen LogP contribution < -0.4 is 5.32 Å². The molecule has 0 spiro atoms. The molecule has 2 aromatic heterocycles. The van der Waals surface area contributed by atoms with Gasteiger partial charge in [0.25, 0.3) is 0 Å². The van der Waals surface area contributed by atoms with E-state index in [1.54, 1.807) is 11.3 Å². The van der Waals surface area contributed by atoms with E-state index in [2.05, 4.69) is 20.4 Å². The Hall–Kier alpha value is -2.85. The topological polar surface area (TPSA) is 80.9 Å². The third kappa shape index (κ3) is 5.15. The molecule has 0 unspecified atom stereocenters. The number of amides is 1. The van der Waals surface area contributed by atoms with Crippen molar-refractivity contribution in [2.75, 3.05) is 5.32 Å². The molecule has 4 rings (SSSR count). The van der Waals surface area contributed by atoms with Crippen LogP contribution in [0.15, 0.2) is 51.3 Å². The fraction of sp³-hybridized carbons (Fsp3) is 0.158. The Labute approximate surface area is 172 Å². The zero-order chi connectivity index (χ0) is 20.2. The van der Waals surface area contributed by atoms with Crippen molar-refractivity contribution in [1.82, 2.24) is 15.1 Å². The van der Waals surface area contributed by atoms with Crippen LogP contribution in [0.25, 0.3) is 10.2 Å². The molecular formula is C19H14F2N4O2S2.